The molecule has 0 fully saturated rings. The summed E-state index contributed by atoms with van der Waals surface area (Å²) in [6.45, 7) is 5.70. The first-order chi connectivity index (χ1) is 5.81. The lowest BCUT2D eigenvalue weighted by Crippen LogP contribution is -1.94. The van der Waals surface area contributed by atoms with Gasteiger partial charge in [-0.2, -0.15) is 0 Å². The van der Waals surface area contributed by atoms with Crippen molar-refractivity contribution >= 4 is 11.6 Å². The van der Waals surface area contributed by atoms with Crippen molar-refractivity contribution in [1.82, 2.24) is 0 Å². The SMILES string of the molecule is CCOCC(C)=CCCCCCl. The van der Waals surface area contributed by atoms with Gasteiger partial charge >= 0.3 is 0 Å². The minimum Gasteiger partial charge on any atom is -0.377 e. The Morgan fingerprint density at radius 3 is 2.75 bits per heavy atom. The molecule has 0 bridgehead atoms. The summed E-state index contributed by atoms with van der Waals surface area (Å²) < 4.78 is 5.26. The van der Waals surface area contributed by atoms with E-state index < -0.39 is 0 Å². The van der Waals surface area contributed by atoms with Crippen LogP contribution in [0.15, 0.2) is 11.6 Å². The molecule has 0 aliphatic heterocycles. The number of allylic oxidation sites excluding steroid dienone is 1. The summed E-state index contributed by atoms with van der Waals surface area (Å²) >= 11 is 5.56. The molecule has 0 radical (unpaired) electrons. The molecule has 0 atom stereocenters. The maximum Gasteiger partial charge on any atom is 0.0673 e. The van der Waals surface area contributed by atoms with E-state index in [-0.39, 0.29) is 0 Å². The van der Waals surface area contributed by atoms with Gasteiger partial charge in [0, 0.05) is 12.5 Å². The van der Waals surface area contributed by atoms with Crippen LogP contribution in [0.3, 0.4) is 0 Å². The summed E-state index contributed by atoms with van der Waals surface area (Å²) in [6.07, 6.45) is 5.67. The number of hydrogen-bond acceptors (Lipinski definition) is 1. The van der Waals surface area contributed by atoms with Crippen LogP contribution >= 0.6 is 11.6 Å². The molecular weight excluding hydrogens is 172 g/mol. The average molecular weight is 191 g/mol. The van der Waals surface area contributed by atoms with Gasteiger partial charge in [0.25, 0.3) is 0 Å². The Labute approximate surface area is 80.8 Å². The highest BCUT2D eigenvalue weighted by atomic mass is 35.5. The number of ether oxygens (including phenoxy) is 1. The molecule has 0 aliphatic rings. The largest absolute Gasteiger partial charge is 0.377 e. The molecule has 0 aromatic heterocycles. The van der Waals surface area contributed by atoms with Gasteiger partial charge in [-0.3, -0.25) is 0 Å². The first-order valence-electron chi connectivity index (χ1n) is 4.60. The van der Waals surface area contributed by atoms with E-state index in [4.69, 9.17) is 16.3 Å². The van der Waals surface area contributed by atoms with Crippen molar-refractivity contribution in [3.63, 3.8) is 0 Å². The molecule has 0 unspecified atom stereocenters. The van der Waals surface area contributed by atoms with Gasteiger partial charge in [0.15, 0.2) is 0 Å². The molecular formula is C10H19ClO. The van der Waals surface area contributed by atoms with Gasteiger partial charge in [-0.25, -0.2) is 0 Å². The number of hydrogen-bond donors (Lipinski definition) is 0. The molecule has 0 saturated heterocycles. The lowest BCUT2D eigenvalue weighted by molar-refractivity contribution is 0.170. The molecule has 0 aromatic rings. The quantitative estimate of drug-likeness (QED) is 0.340. The molecule has 0 N–H and O–H groups in total. The van der Waals surface area contributed by atoms with Gasteiger partial charge in [-0.1, -0.05) is 11.6 Å². The second-order valence-electron chi connectivity index (χ2n) is 2.87. The standard InChI is InChI=1S/C10H19ClO/c1-3-12-9-10(2)7-5-4-6-8-11/h7H,3-6,8-9H2,1-2H3. The molecule has 0 aliphatic carbocycles. The zero-order valence-electron chi connectivity index (χ0n) is 8.11. The van der Waals surface area contributed by atoms with Crippen LogP contribution in [0.25, 0.3) is 0 Å². The van der Waals surface area contributed by atoms with Crippen molar-refractivity contribution in [2.75, 3.05) is 19.1 Å². The van der Waals surface area contributed by atoms with Crippen LogP contribution in [-0.4, -0.2) is 19.1 Å². The van der Waals surface area contributed by atoms with Crippen molar-refractivity contribution in [1.29, 1.82) is 0 Å². The molecule has 0 saturated carbocycles. The Kier molecular flexibility index (Phi) is 9.07. The van der Waals surface area contributed by atoms with Crippen LogP contribution in [-0.2, 0) is 4.74 Å². The Bertz CT molecular complexity index is 121. The molecule has 0 heterocycles. The molecule has 72 valence electrons. The van der Waals surface area contributed by atoms with Gasteiger partial charge in [0.05, 0.1) is 6.61 Å². The zero-order valence-corrected chi connectivity index (χ0v) is 8.86. The fourth-order valence-corrected chi connectivity index (χ4v) is 1.10. The Hall–Kier alpha value is -0.0100. The molecule has 0 spiro atoms. The third-order valence-electron chi connectivity index (χ3n) is 1.61. The Morgan fingerprint density at radius 2 is 2.17 bits per heavy atom. The third-order valence-corrected chi connectivity index (χ3v) is 1.88. The predicted molar refractivity (Wildman–Crippen MR) is 54.8 cm³/mol. The maximum absolute atomic E-state index is 5.56. The maximum atomic E-state index is 5.56. The van der Waals surface area contributed by atoms with Crippen LogP contribution < -0.4 is 0 Å². The molecule has 1 nitrogen and oxygen atoms in total. The van der Waals surface area contributed by atoms with Crippen LogP contribution in [0, 0.1) is 0 Å². The van der Waals surface area contributed by atoms with E-state index in [0.717, 1.165) is 31.9 Å². The summed E-state index contributed by atoms with van der Waals surface area (Å²) in [5.74, 6) is 0.776. The average Bonchev–Trinajstić information content (AvgIpc) is 2.09. The summed E-state index contributed by atoms with van der Waals surface area (Å²) in [7, 11) is 0. The van der Waals surface area contributed by atoms with Crippen molar-refractivity contribution in [3.05, 3.63) is 11.6 Å². The molecule has 0 rings (SSSR count). The van der Waals surface area contributed by atoms with Gasteiger partial charge < -0.3 is 4.74 Å². The smallest absolute Gasteiger partial charge is 0.0673 e. The van der Waals surface area contributed by atoms with Crippen LogP contribution in [0.1, 0.15) is 33.1 Å². The van der Waals surface area contributed by atoms with E-state index in [1.165, 1.54) is 12.0 Å². The topological polar surface area (TPSA) is 9.23 Å². The summed E-state index contributed by atoms with van der Waals surface area (Å²) in [4.78, 5) is 0. The van der Waals surface area contributed by atoms with Crippen LogP contribution in [0.5, 0.6) is 0 Å². The van der Waals surface area contributed by atoms with E-state index in [1.807, 2.05) is 6.92 Å². The minimum absolute atomic E-state index is 0.775. The zero-order chi connectivity index (χ0) is 9.23. The monoisotopic (exact) mass is 190 g/mol. The van der Waals surface area contributed by atoms with E-state index >= 15 is 0 Å². The van der Waals surface area contributed by atoms with Crippen LogP contribution in [0.4, 0.5) is 0 Å². The molecule has 0 aromatic carbocycles. The molecule has 2 heteroatoms. The van der Waals surface area contributed by atoms with Gasteiger partial charge in [-0.15, -0.1) is 11.6 Å². The van der Waals surface area contributed by atoms with Gasteiger partial charge in [-0.05, 0) is 33.1 Å². The number of unbranched alkanes of at least 4 members (excludes halogenated alkanes) is 2. The summed E-state index contributed by atoms with van der Waals surface area (Å²) in [6, 6.07) is 0. The molecule has 12 heavy (non-hydrogen) atoms. The van der Waals surface area contributed by atoms with E-state index in [9.17, 15) is 0 Å². The first kappa shape index (κ1) is 12.0. The Balaban J connectivity index is 3.28. The lowest BCUT2D eigenvalue weighted by atomic mass is 10.2. The van der Waals surface area contributed by atoms with E-state index in [0.29, 0.717) is 0 Å². The summed E-state index contributed by atoms with van der Waals surface area (Å²) in [5.41, 5.74) is 1.33. The number of alkyl halides is 1. The van der Waals surface area contributed by atoms with Crippen molar-refractivity contribution in [2.45, 2.75) is 33.1 Å². The molecule has 0 amide bonds. The van der Waals surface area contributed by atoms with E-state index in [2.05, 4.69) is 13.0 Å². The highest BCUT2D eigenvalue weighted by Crippen LogP contribution is 2.02. The van der Waals surface area contributed by atoms with Gasteiger partial charge in [0.2, 0.25) is 0 Å². The van der Waals surface area contributed by atoms with Crippen LogP contribution in [0.2, 0.25) is 0 Å². The highest BCUT2D eigenvalue weighted by Gasteiger charge is 1.88. The second kappa shape index (κ2) is 9.08. The normalized spacial score (nSPS) is 12.1. The fraction of sp³-hybridized carbons (Fsp3) is 0.800. The second-order valence-corrected chi connectivity index (χ2v) is 3.25. The summed E-state index contributed by atoms with van der Waals surface area (Å²) in [5, 5.41) is 0. The Morgan fingerprint density at radius 1 is 1.42 bits per heavy atom. The van der Waals surface area contributed by atoms with Crippen molar-refractivity contribution in [2.24, 2.45) is 0 Å². The predicted octanol–water partition coefficient (Wildman–Crippen LogP) is 3.38. The third kappa shape index (κ3) is 8.09. The number of rotatable bonds is 7. The lowest BCUT2D eigenvalue weighted by Gasteiger charge is -2.00. The van der Waals surface area contributed by atoms with Crippen molar-refractivity contribution in [3.8, 4) is 0 Å². The highest BCUT2D eigenvalue weighted by molar-refractivity contribution is 6.17. The number of halogens is 1. The van der Waals surface area contributed by atoms with Crippen molar-refractivity contribution < 1.29 is 4.74 Å². The fourth-order valence-electron chi connectivity index (χ4n) is 0.909. The van der Waals surface area contributed by atoms with E-state index in [1.54, 1.807) is 0 Å². The minimum atomic E-state index is 0.775. The first-order valence-corrected chi connectivity index (χ1v) is 5.14. The van der Waals surface area contributed by atoms with Gasteiger partial charge in [0.1, 0.15) is 0 Å².